The van der Waals surface area contributed by atoms with Gasteiger partial charge in [-0.25, -0.2) is 4.39 Å². The Morgan fingerprint density at radius 1 is 1.28 bits per heavy atom. The molecular weight excluding hydrogens is 403 g/mol. The summed E-state index contributed by atoms with van der Waals surface area (Å²) >= 11 is 5.62. The van der Waals surface area contributed by atoms with Crippen molar-refractivity contribution in [3.63, 3.8) is 0 Å². The number of carbonyl (C=O) groups excluding carboxylic acids is 2. The molecule has 8 nitrogen and oxygen atoms in total. The maximum Gasteiger partial charge on any atom is 0.258 e. The normalized spacial score (nSPS) is 32.5. The van der Waals surface area contributed by atoms with Gasteiger partial charge in [-0.1, -0.05) is 11.6 Å². The van der Waals surface area contributed by atoms with Gasteiger partial charge < -0.3 is 20.1 Å². The number of carbonyl (C=O) groups is 2. The van der Waals surface area contributed by atoms with Gasteiger partial charge in [0.2, 0.25) is 5.91 Å². The first-order chi connectivity index (χ1) is 13.8. The highest BCUT2D eigenvalue weighted by Gasteiger charge is 2.72. The molecule has 1 saturated heterocycles. The summed E-state index contributed by atoms with van der Waals surface area (Å²) in [5.74, 6) is -0.673. The minimum Gasteiger partial charge on any atom is -0.484 e. The number of nitrogens with one attached hydrogen (secondary N) is 4. The van der Waals surface area contributed by atoms with Crippen LogP contribution in [0.1, 0.15) is 19.3 Å². The molecule has 5 rings (SSSR count). The molecule has 1 aliphatic heterocycles. The lowest BCUT2D eigenvalue weighted by molar-refractivity contribution is -0.185. The van der Waals surface area contributed by atoms with Gasteiger partial charge in [0.25, 0.3) is 5.91 Å². The highest BCUT2D eigenvalue weighted by molar-refractivity contribution is 6.30. The van der Waals surface area contributed by atoms with Crippen LogP contribution in [-0.4, -0.2) is 56.6 Å². The largest absolute Gasteiger partial charge is 0.484 e. The standard InChI is InChI=1S/C19H24ClFN4O4/c1-28-12-5-22-17(23-6-12)24-16(27)18-8-19(9-18,10-18)25-15(26)7-29-11-2-3-13(20)14(21)4-11/h2-4,12,17,22-23H,5-10H2,1H3,(H,24,27)(H,25,26). The van der Waals surface area contributed by atoms with Crippen molar-refractivity contribution >= 4 is 23.4 Å². The zero-order chi connectivity index (χ0) is 20.6. The molecule has 3 aliphatic carbocycles. The summed E-state index contributed by atoms with van der Waals surface area (Å²) in [5, 5.41) is 12.3. The van der Waals surface area contributed by atoms with Crippen LogP contribution in [0.3, 0.4) is 0 Å². The SMILES string of the molecule is COC1CNC(NC(=O)C23CC(NC(=O)COc4ccc(Cl)c(F)c4)(C2)C3)NC1. The fourth-order valence-corrected chi connectivity index (χ4v) is 4.52. The number of benzene rings is 1. The molecule has 0 unspecified atom stereocenters. The summed E-state index contributed by atoms with van der Waals surface area (Å²) in [6, 6.07) is 4.01. The number of halogens is 2. The van der Waals surface area contributed by atoms with Crippen LogP contribution in [0.15, 0.2) is 18.2 Å². The van der Waals surface area contributed by atoms with Gasteiger partial charge in [0.1, 0.15) is 17.9 Å². The van der Waals surface area contributed by atoms with Crippen LogP contribution in [0, 0.1) is 11.2 Å². The Balaban J connectivity index is 1.19. The van der Waals surface area contributed by atoms with Crippen molar-refractivity contribution in [2.24, 2.45) is 5.41 Å². The van der Waals surface area contributed by atoms with Crippen molar-refractivity contribution in [1.29, 1.82) is 0 Å². The minimum atomic E-state index is -0.600. The van der Waals surface area contributed by atoms with Crippen LogP contribution in [0.4, 0.5) is 4.39 Å². The first-order valence-corrected chi connectivity index (χ1v) is 9.90. The molecule has 4 fully saturated rings. The van der Waals surface area contributed by atoms with Gasteiger partial charge in [0.05, 0.1) is 16.5 Å². The van der Waals surface area contributed by atoms with E-state index in [1.807, 2.05) is 0 Å². The number of methoxy groups -OCH3 is 1. The van der Waals surface area contributed by atoms with E-state index in [2.05, 4.69) is 21.3 Å². The van der Waals surface area contributed by atoms with Crippen molar-refractivity contribution in [2.45, 2.75) is 37.2 Å². The van der Waals surface area contributed by atoms with Crippen LogP contribution in [0.2, 0.25) is 5.02 Å². The van der Waals surface area contributed by atoms with Crippen molar-refractivity contribution < 1.29 is 23.5 Å². The van der Waals surface area contributed by atoms with E-state index in [0.717, 1.165) is 6.07 Å². The summed E-state index contributed by atoms with van der Waals surface area (Å²) in [6.07, 6.45) is 1.65. The smallest absolute Gasteiger partial charge is 0.258 e. The molecule has 1 aromatic carbocycles. The van der Waals surface area contributed by atoms with Crippen LogP contribution in [0.25, 0.3) is 0 Å². The molecule has 2 bridgehead atoms. The molecule has 29 heavy (non-hydrogen) atoms. The second-order valence-corrected chi connectivity index (χ2v) is 8.49. The fraction of sp³-hybridized carbons (Fsp3) is 0.579. The molecule has 0 spiro atoms. The van der Waals surface area contributed by atoms with E-state index in [-0.39, 0.29) is 47.1 Å². The number of amides is 2. The Bertz CT molecular complexity index is 796. The predicted molar refractivity (Wildman–Crippen MR) is 103 cm³/mol. The van der Waals surface area contributed by atoms with Crippen LogP contribution in [0.5, 0.6) is 5.75 Å². The average Bonchev–Trinajstić information content (AvgIpc) is 2.65. The lowest BCUT2D eigenvalue weighted by Gasteiger charge is -2.69. The van der Waals surface area contributed by atoms with E-state index < -0.39 is 11.2 Å². The highest BCUT2D eigenvalue weighted by Crippen LogP contribution is 2.67. The summed E-state index contributed by atoms with van der Waals surface area (Å²) in [5.41, 5.74) is -0.744. The Morgan fingerprint density at radius 2 is 1.97 bits per heavy atom. The molecule has 4 aliphatic rings. The van der Waals surface area contributed by atoms with E-state index in [1.54, 1.807) is 7.11 Å². The molecule has 1 aromatic rings. The third-order valence-corrected chi connectivity index (χ3v) is 6.19. The van der Waals surface area contributed by atoms with Crippen LogP contribution in [-0.2, 0) is 14.3 Å². The van der Waals surface area contributed by atoms with Crippen LogP contribution >= 0.6 is 11.6 Å². The van der Waals surface area contributed by atoms with E-state index in [4.69, 9.17) is 21.1 Å². The molecular formula is C19H24ClFN4O4. The van der Waals surface area contributed by atoms with E-state index >= 15 is 0 Å². The molecule has 0 atom stereocenters. The van der Waals surface area contributed by atoms with Crippen molar-refractivity contribution in [3.8, 4) is 5.75 Å². The first-order valence-electron chi connectivity index (χ1n) is 9.53. The maximum absolute atomic E-state index is 13.4. The third kappa shape index (κ3) is 4.05. The Hall–Kier alpha value is -1.94. The molecule has 0 radical (unpaired) electrons. The zero-order valence-corrected chi connectivity index (χ0v) is 16.8. The summed E-state index contributed by atoms with van der Waals surface area (Å²) in [7, 11) is 1.65. The molecule has 158 valence electrons. The summed E-state index contributed by atoms with van der Waals surface area (Å²) in [6.45, 7) is 1.11. The van der Waals surface area contributed by atoms with E-state index in [0.29, 0.717) is 32.4 Å². The molecule has 10 heteroatoms. The number of ether oxygens (including phenoxy) is 2. The van der Waals surface area contributed by atoms with Crippen molar-refractivity contribution in [1.82, 2.24) is 21.3 Å². The topological polar surface area (TPSA) is 101 Å². The van der Waals surface area contributed by atoms with Crippen molar-refractivity contribution in [3.05, 3.63) is 29.0 Å². The Labute approximate surface area is 172 Å². The van der Waals surface area contributed by atoms with Gasteiger partial charge >= 0.3 is 0 Å². The fourth-order valence-electron chi connectivity index (χ4n) is 4.40. The predicted octanol–water partition coefficient (Wildman–Crippen LogP) is 0.504. The van der Waals surface area contributed by atoms with Crippen LogP contribution < -0.4 is 26.0 Å². The maximum atomic E-state index is 13.4. The molecule has 4 N–H and O–H groups in total. The molecule has 2 amide bonds. The number of hydrogen-bond acceptors (Lipinski definition) is 6. The van der Waals surface area contributed by atoms with E-state index in [1.165, 1.54) is 12.1 Å². The lowest BCUT2D eigenvalue weighted by atomic mass is 9.39. The van der Waals surface area contributed by atoms with Gasteiger partial charge in [0.15, 0.2) is 6.61 Å². The monoisotopic (exact) mass is 426 g/mol. The molecule has 1 heterocycles. The molecule has 0 aromatic heterocycles. The van der Waals surface area contributed by atoms with E-state index in [9.17, 15) is 14.0 Å². The second kappa shape index (κ2) is 7.71. The Morgan fingerprint density at radius 3 is 2.59 bits per heavy atom. The Kier molecular flexibility index (Phi) is 5.41. The summed E-state index contributed by atoms with van der Waals surface area (Å²) < 4.78 is 24.0. The van der Waals surface area contributed by atoms with Gasteiger partial charge in [-0.15, -0.1) is 0 Å². The molecule has 3 saturated carbocycles. The van der Waals surface area contributed by atoms with Gasteiger partial charge in [0, 0.05) is 31.8 Å². The minimum absolute atomic E-state index is 0.00335. The zero-order valence-electron chi connectivity index (χ0n) is 16.0. The number of rotatable bonds is 7. The summed E-state index contributed by atoms with van der Waals surface area (Å²) in [4.78, 5) is 24.8. The van der Waals surface area contributed by atoms with Gasteiger partial charge in [-0.3, -0.25) is 20.2 Å². The quantitative estimate of drug-likeness (QED) is 0.507. The lowest BCUT2D eigenvalue weighted by Crippen LogP contribution is -2.79. The average molecular weight is 427 g/mol. The second-order valence-electron chi connectivity index (χ2n) is 8.08. The third-order valence-electron chi connectivity index (χ3n) is 5.89. The van der Waals surface area contributed by atoms with Gasteiger partial charge in [-0.05, 0) is 31.4 Å². The first kappa shape index (κ1) is 20.3. The highest BCUT2D eigenvalue weighted by atomic mass is 35.5. The number of hydrogen-bond donors (Lipinski definition) is 4. The van der Waals surface area contributed by atoms with Gasteiger partial charge in [-0.2, -0.15) is 0 Å². The van der Waals surface area contributed by atoms with Crippen molar-refractivity contribution in [2.75, 3.05) is 26.8 Å².